The maximum Gasteiger partial charge on any atom is 0.451 e. The highest BCUT2D eigenvalue weighted by atomic mass is 19.4. The summed E-state index contributed by atoms with van der Waals surface area (Å²) in [5.74, 6) is -2.76. The molecule has 36 heavy (non-hydrogen) atoms. The highest BCUT2D eigenvalue weighted by molar-refractivity contribution is 5.95. The van der Waals surface area contributed by atoms with Crippen molar-refractivity contribution < 1.29 is 37.4 Å². The number of aromatic nitrogens is 2. The number of aliphatic hydroxyl groups is 1. The molecule has 2 aromatic rings. The van der Waals surface area contributed by atoms with E-state index in [1.165, 1.54) is 18.2 Å². The summed E-state index contributed by atoms with van der Waals surface area (Å²) in [7, 11) is 0. The van der Waals surface area contributed by atoms with Gasteiger partial charge in [-0.25, -0.2) is 14.8 Å². The van der Waals surface area contributed by atoms with Crippen molar-refractivity contribution in [2.24, 2.45) is 5.73 Å². The van der Waals surface area contributed by atoms with Gasteiger partial charge in [-0.2, -0.15) is 13.2 Å². The number of nitrogens with one attached hydrogen (secondary N) is 1. The summed E-state index contributed by atoms with van der Waals surface area (Å²) >= 11 is 0. The molecule has 3 amide bonds. The van der Waals surface area contributed by atoms with Crippen LogP contribution in [0.15, 0.2) is 30.6 Å². The lowest BCUT2D eigenvalue weighted by Gasteiger charge is -2.28. The van der Waals surface area contributed by atoms with Crippen molar-refractivity contribution in [1.82, 2.24) is 20.2 Å². The van der Waals surface area contributed by atoms with Crippen LogP contribution in [-0.4, -0.2) is 62.2 Å². The highest BCUT2D eigenvalue weighted by Gasteiger charge is 2.42. The fourth-order valence-corrected chi connectivity index (χ4v) is 3.69. The topological polar surface area (TPSA) is 148 Å². The molecule has 4 N–H and O–H groups in total. The summed E-state index contributed by atoms with van der Waals surface area (Å²) < 4.78 is 43.6. The van der Waals surface area contributed by atoms with Gasteiger partial charge in [0.05, 0.1) is 6.10 Å². The maximum atomic E-state index is 12.9. The average molecular weight is 509 g/mol. The lowest BCUT2D eigenvalue weighted by atomic mass is 10.00. The van der Waals surface area contributed by atoms with Gasteiger partial charge in [0.1, 0.15) is 11.6 Å². The van der Waals surface area contributed by atoms with Crippen LogP contribution in [-0.2, 0) is 22.3 Å². The number of hydrogen-bond acceptors (Lipinski definition) is 7. The largest absolute Gasteiger partial charge is 0.451 e. The van der Waals surface area contributed by atoms with Gasteiger partial charge in [-0.15, -0.1) is 0 Å². The molecule has 1 saturated heterocycles. The first kappa shape index (κ1) is 26.9. The number of carbonyl (C=O) groups is 3. The van der Waals surface area contributed by atoms with Crippen LogP contribution < -0.4 is 11.1 Å². The van der Waals surface area contributed by atoms with E-state index in [4.69, 9.17) is 10.5 Å². The zero-order valence-electron chi connectivity index (χ0n) is 19.8. The second-order valence-electron chi connectivity index (χ2n) is 9.22. The number of amides is 3. The van der Waals surface area contributed by atoms with E-state index in [0.29, 0.717) is 5.56 Å². The number of nitrogens with two attached hydrogens (primary N) is 1. The predicted octanol–water partition coefficient (Wildman–Crippen LogP) is 2.25. The Hall–Kier alpha value is -3.74. The van der Waals surface area contributed by atoms with Gasteiger partial charge in [-0.1, -0.05) is 6.07 Å². The van der Waals surface area contributed by atoms with Gasteiger partial charge < -0.3 is 20.9 Å². The Morgan fingerprint density at radius 3 is 2.36 bits per heavy atom. The van der Waals surface area contributed by atoms with Crippen LogP contribution in [0.3, 0.4) is 0 Å². The van der Waals surface area contributed by atoms with Crippen LogP contribution in [0.25, 0.3) is 11.1 Å². The Morgan fingerprint density at radius 1 is 1.17 bits per heavy atom. The number of primary amides is 1. The summed E-state index contributed by atoms with van der Waals surface area (Å²) in [6.07, 6.45) is -4.41. The Morgan fingerprint density at radius 2 is 1.81 bits per heavy atom. The van der Waals surface area contributed by atoms with Crippen LogP contribution in [0, 0.1) is 0 Å². The Bertz CT molecular complexity index is 1150. The molecule has 1 aliphatic heterocycles. The first-order valence-corrected chi connectivity index (χ1v) is 10.9. The summed E-state index contributed by atoms with van der Waals surface area (Å²) in [4.78, 5) is 45.1. The lowest BCUT2D eigenvalue weighted by molar-refractivity contribution is -0.145. The van der Waals surface area contributed by atoms with E-state index >= 15 is 0 Å². The molecule has 1 aromatic carbocycles. The van der Waals surface area contributed by atoms with E-state index in [2.05, 4.69) is 15.3 Å². The molecule has 10 nitrogen and oxygen atoms in total. The quantitative estimate of drug-likeness (QED) is 0.560. The van der Waals surface area contributed by atoms with Crippen molar-refractivity contribution >= 4 is 17.9 Å². The highest BCUT2D eigenvalue weighted by Crippen LogP contribution is 2.28. The van der Waals surface area contributed by atoms with Crippen molar-refractivity contribution in [2.75, 3.05) is 6.54 Å². The zero-order valence-corrected chi connectivity index (χ0v) is 19.8. The maximum absolute atomic E-state index is 12.9. The monoisotopic (exact) mass is 509 g/mol. The summed E-state index contributed by atoms with van der Waals surface area (Å²) in [6, 6.07) is 3.09. The predicted molar refractivity (Wildman–Crippen MR) is 120 cm³/mol. The molecule has 0 spiro atoms. The fourth-order valence-electron chi connectivity index (χ4n) is 3.69. The van der Waals surface area contributed by atoms with Gasteiger partial charge in [-0.05, 0) is 50.5 Å². The van der Waals surface area contributed by atoms with Crippen LogP contribution in [0.2, 0.25) is 0 Å². The zero-order chi connectivity index (χ0) is 26.8. The minimum atomic E-state index is -4.69. The second kappa shape index (κ2) is 10.1. The van der Waals surface area contributed by atoms with Crippen molar-refractivity contribution in [3.8, 4) is 11.1 Å². The third-order valence-corrected chi connectivity index (χ3v) is 5.33. The summed E-state index contributed by atoms with van der Waals surface area (Å²) in [5.41, 5.74) is 5.60. The number of rotatable bonds is 5. The number of halogens is 3. The van der Waals surface area contributed by atoms with Gasteiger partial charge in [0.25, 0.3) is 0 Å². The number of carbonyl (C=O) groups excluding carboxylic acids is 3. The lowest BCUT2D eigenvalue weighted by Crippen LogP contribution is -2.51. The third kappa shape index (κ3) is 6.27. The van der Waals surface area contributed by atoms with Gasteiger partial charge in [-0.3, -0.25) is 14.5 Å². The van der Waals surface area contributed by atoms with E-state index in [1.807, 2.05) is 0 Å². The molecule has 0 saturated carbocycles. The molecular weight excluding hydrogens is 483 g/mol. The van der Waals surface area contributed by atoms with Crippen molar-refractivity contribution in [3.63, 3.8) is 0 Å². The molecule has 1 aromatic heterocycles. The minimum absolute atomic E-state index is 0.0721. The molecule has 2 unspecified atom stereocenters. The SMILES string of the molecule is CC(C)(C)OC(=O)N1CCC(O)C1C(=O)NCc1cc(-c2cnc(C(F)(F)F)nc2)ccc1C(N)=O. The van der Waals surface area contributed by atoms with E-state index in [1.54, 1.807) is 20.8 Å². The Balaban J connectivity index is 1.80. The summed E-state index contributed by atoms with van der Waals surface area (Å²) in [6.45, 7) is 4.92. The molecule has 3 rings (SSSR count). The van der Waals surface area contributed by atoms with Gasteiger partial charge in [0, 0.05) is 36.6 Å². The molecule has 0 bridgehead atoms. The van der Waals surface area contributed by atoms with Crippen LogP contribution in [0.1, 0.15) is 48.9 Å². The fraction of sp³-hybridized carbons (Fsp3) is 0.435. The second-order valence-corrected chi connectivity index (χ2v) is 9.22. The number of hydrogen-bond donors (Lipinski definition) is 3. The Labute approximate surface area is 204 Å². The average Bonchev–Trinajstić information content (AvgIpc) is 3.17. The number of nitrogens with zero attached hydrogens (tertiary/aromatic N) is 3. The Kier molecular flexibility index (Phi) is 7.53. The number of benzene rings is 1. The number of ether oxygens (including phenoxy) is 1. The van der Waals surface area contributed by atoms with E-state index < -0.39 is 47.7 Å². The summed E-state index contributed by atoms with van der Waals surface area (Å²) in [5, 5.41) is 12.9. The minimum Gasteiger partial charge on any atom is -0.444 e. The standard InChI is InChI=1S/C23H26F3N5O5/c1-22(2,3)36-21(35)31-7-6-16(32)17(31)19(34)28-9-13-8-12(4-5-15(13)18(27)33)14-10-29-20(30-11-14)23(24,25)26/h4-5,8,10-11,16-17,32H,6-7,9H2,1-3H3,(H2,27,33)(H,28,34). The number of aliphatic hydroxyl groups excluding tert-OH is 1. The van der Waals surface area contributed by atoms with Crippen LogP contribution in [0.5, 0.6) is 0 Å². The molecule has 1 aliphatic rings. The van der Waals surface area contributed by atoms with Crippen LogP contribution >= 0.6 is 0 Å². The molecule has 194 valence electrons. The first-order chi connectivity index (χ1) is 16.7. The molecular formula is C23H26F3N5O5. The molecule has 0 aliphatic carbocycles. The molecule has 2 atom stereocenters. The molecule has 1 fully saturated rings. The third-order valence-electron chi connectivity index (χ3n) is 5.33. The van der Waals surface area contributed by atoms with Crippen molar-refractivity contribution in [3.05, 3.63) is 47.5 Å². The normalized spacial score (nSPS) is 18.1. The van der Waals surface area contributed by atoms with Crippen LogP contribution in [0.4, 0.5) is 18.0 Å². The van der Waals surface area contributed by atoms with Gasteiger partial charge >= 0.3 is 12.3 Å². The van der Waals surface area contributed by atoms with E-state index in [9.17, 15) is 32.7 Å². The molecule has 13 heteroatoms. The van der Waals surface area contributed by atoms with E-state index in [-0.39, 0.29) is 36.2 Å². The van der Waals surface area contributed by atoms with Gasteiger partial charge in [0.2, 0.25) is 17.6 Å². The smallest absolute Gasteiger partial charge is 0.444 e. The molecule has 0 radical (unpaired) electrons. The van der Waals surface area contributed by atoms with Crippen molar-refractivity contribution in [2.45, 2.75) is 57.7 Å². The van der Waals surface area contributed by atoms with E-state index in [0.717, 1.165) is 17.3 Å². The first-order valence-electron chi connectivity index (χ1n) is 10.9. The number of alkyl halides is 3. The number of likely N-dealkylation sites (tertiary alicyclic amines) is 1. The van der Waals surface area contributed by atoms with Crippen molar-refractivity contribution in [1.29, 1.82) is 0 Å². The van der Waals surface area contributed by atoms with Gasteiger partial charge in [0.15, 0.2) is 0 Å². The molecule has 2 heterocycles.